The Balaban J connectivity index is 2.23. The van der Waals surface area contributed by atoms with Crippen molar-refractivity contribution < 1.29 is 4.92 Å². The molecular weight excluding hydrogens is 286 g/mol. The SMILES string of the molecule is CSCc1ccc(Nc2ccc([N+](=O)[O-])cc2C#N)cc1. The minimum atomic E-state index is -0.512. The molecule has 1 N–H and O–H groups in total. The van der Waals surface area contributed by atoms with Crippen molar-refractivity contribution in [3.05, 3.63) is 63.7 Å². The van der Waals surface area contributed by atoms with Crippen LogP contribution in [0.2, 0.25) is 0 Å². The summed E-state index contributed by atoms with van der Waals surface area (Å²) >= 11 is 1.75. The van der Waals surface area contributed by atoms with Crippen molar-refractivity contribution in [3.63, 3.8) is 0 Å². The Hall–Kier alpha value is -2.52. The van der Waals surface area contributed by atoms with E-state index in [9.17, 15) is 10.1 Å². The molecule has 5 nitrogen and oxygen atoms in total. The van der Waals surface area contributed by atoms with Gasteiger partial charge < -0.3 is 5.32 Å². The maximum Gasteiger partial charge on any atom is 0.270 e. The van der Waals surface area contributed by atoms with Gasteiger partial charge in [-0.1, -0.05) is 12.1 Å². The zero-order valence-electron chi connectivity index (χ0n) is 11.4. The van der Waals surface area contributed by atoms with Gasteiger partial charge in [-0.15, -0.1) is 0 Å². The molecule has 0 amide bonds. The van der Waals surface area contributed by atoms with Gasteiger partial charge in [-0.25, -0.2) is 0 Å². The predicted octanol–water partition coefficient (Wildman–Crippen LogP) is 4.07. The fraction of sp³-hybridized carbons (Fsp3) is 0.133. The van der Waals surface area contributed by atoms with Gasteiger partial charge >= 0.3 is 0 Å². The van der Waals surface area contributed by atoms with Crippen molar-refractivity contribution in [2.24, 2.45) is 0 Å². The van der Waals surface area contributed by atoms with E-state index < -0.39 is 4.92 Å². The number of nitro groups is 1. The lowest BCUT2D eigenvalue weighted by molar-refractivity contribution is -0.384. The lowest BCUT2D eigenvalue weighted by Gasteiger charge is -2.09. The van der Waals surface area contributed by atoms with Crippen LogP contribution in [0.4, 0.5) is 17.1 Å². The van der Waals surface area contributed by atoms with E-state index >= 15 is 0 Å². The third-order valence-corrected chi connectivity index (χ3v) is 3.50. The Morgan fingerprint density at radius 1 is 1.29 bits per heavy atom. The lowest BCUT2D eigenvalue weighted by atomic mass is 10.1. The van der Waals surface area contributed by atoms with Crippen LogP contribution in [0.15, 0.2) is 42.5 Å². The van der Waals surface area contributed by atoms with Gasteiger partial charge in [0.2, 0.25) is 0 Å². The van der Waals surface area contributed by atoms with Gasteiger partial charge in [0.05, 0.1) is 16.2 Å². The molecule has 2 aromatic carbocycles. The van der Waals surface area contributed by atoms with Gasteiger partial charge in [0.1, 0.15) is 6.07 Å². The maximum absolute atomic E-state index is 10.7. The van der Waals surface area contributed by atoms with Crippen LogP contribution in [-0.4, -0.2) is 11.2 Å². The fourth-order valence-electron chi connectivity index (χ4n) is 1.85. The van der Waals surface area contributed by atoms with E-state index in [0.717, 1.165) is 11.4 Å². The molecule has 2 rings (SSSR count). The quantitative estimate of drug-likeness (QED) is 0.665. The maximum atomic E-state index is 10.7. The molecule has 21 heavy (non-hydrogen) atoms. The van der Waals surface area contributed by atoms with E-state index in [0.29, 0.717) is 5.69 Å². The predicted molar refractivity (Wildman–Crippen MR) is 84.8 cm³/mol. The molecule has 0 radical (unpaired) electrons. The number of hydrogen-bond donors (Lipinski definition) is 1. The molecule has 6 heteroatoms. The van der Waals surface area contributed by atoms with Gasteiger partial charge in [-0.3, -0.25) is 10.1 Å². The van der Waals surface area contributed by atoms with Crippen molar-refractivity contribution in [1.82, 2.24) is 0 Å². The minimum absolute atomic E-state index is 0.0904. The van der Waals surface area contributed by atoms with Crippen molar-refractivity contribution in [3.8, 4) is 6.07 Å². The second-order valence-corrected chi connectivity index (χ2v) is 5.22. The summed E-state index contributed by atoms with van der Waals surface area (Å²) in [5.41, 5.74) is 2.77. The molecule has 2 aromatic rings. The Kier molecular flexibility index (Phi) is 4.80. The lowest BCUT2D eigenvalue weighted by Crippen LogP contribution is -1.96. The summed E-state index contributed by atoms with van der Waals surface area (Å²) in [5, 5.41) is 22.9. The van der Waals surface area contributed by atoms with E-state index in [1.54, 1.807) is 17.8 Å². The van der Waals surface area contributed by atoms with Crippen LogP contribution in [0.3, 0.4) is 0 Å². The molecule has 0 aliphatic heterocycles. The number of hydrogen-bond acceptors (Lipinski definition) is 5. The monoisotopic (exact) mass is 299 g/mol. The zero-order chi connectivity index (χ0) is 15.2. The highest BCUT2D eigenvalue weighted by Gasteiger charge is 2.10. The second kappa shape index (κ2) is 6.77. The topological polar surface area (TPSA) is 79.0 Å². The summed E-state index contributed by atoms with van der Waals surface area (Å²) < 4.78 is 0. The van der Waals surface area contributed by atoms with Gasteiger partial charge in [-0.05, 0) is 30.0 Å². The number of nitrogens with zero attached hydrogens (tertiary/aromatic N) is 2. The van der Waals surface area contributed by atoms with Crippen LogP contribution < -0.4 is 5.32 Å². The molecule has 0 aromatic heterocycles. The molecule has 0 aliphatic rings. The molecule has 0 saturated heterocycles. The van der Waals surface area contributed by atoms with Crippen LogP contribution in [0, 0.1) is 21.4 Å². The van der Waals surface area contributed by atoms with E-state index in [4.69, 9.17) is 5.26 Å². The van der Waals surface area contributed by atoms with Crippen LogP contribution in [0.25, 0.3) is 0 Å². The van der Waals surface area contributed by atoms with Crippen molar-refractivity contribution >= 4 is 28.8 Å². The summed E-state index contributed by atoms with van der Waals surface area (Å²) in [7, 11) is 0. The summed E-state index contributed by atoms with van der Waals surface area (Å²) in [4.78, 5) is 10.2. The molecular formula is C15H13N3O2S. The van der Waals surface area contributed by atoms with Crippen LogP contribution in [0.5, 0.6) is 0 Å². The molecule has 0 bridgehead atoms. The third kappa shape index (κ3) is 3.74. The summed E-state index contributed by atoms with van der Waals surface area (Å²) in [6.07, 6.45) is 2.04. The molecule has 0 heterocycles. The molecule has 0 saturated carbocycles. The van der Waals surface area contributed by atoms with Gasteiger partial charge in [0, 0.05) is 23.6 Å². The average molecular weight is 299 g/mol. The average Bonchev–Trinajstić information content (AvgIpc) is 2.49. The first kappa shape index (κ1) is 14.9. The molecule has 0 spiro atoms. The van der Waals surface area contributed by atoms with Crippen molar-refractivity contribution in [2.45, 2.75) is 5.75 Å². The Morgan fingerprint density at radius 3 is 2.57 bits per heavy atom. The Morgan fingerprint density at radius 2 is 2.00 bits per heavy atom. The standard InChI is InChI=1S/C15H13N3O2S/c1-21-10-11-2-4-13(5-3-11)17-15-7-6-14(18(19)20)8-12(15)9-16/h2-8,17H,10H2,1H3. The number of non-ortho nitro benzene ring substituents is 1. The number of benzene rings is 2. The van der Waals surface area contributed by atoms with E-state index in [1.165, 1.54) is 17.7 Å². The van der Waals surface area contributed by atoms with Crippen LogP contribution in [0.1, 0.15) is 11.1 Å². The second-order valence-electron chi connectivity index (χ2n) is 4.35. The van der Waals surface area contributed by atoms with E-state index in [2.05, 4.69) is 5.32 Å². The van der Waals surface area contributed by atoms with E-state index in [1.807, 2.05) is 36.6 Å². The molecule has 106 valence electrons. The first-order chi connectivity index (χ1) is 10.1. The Labute approximate surface area is 126 Å². The minimum Gasteiger partial charge on any atom is -0.354 e. The first-order valence-electron chi connectivity index (χ1n) is 6.17. The molecule has 0 fully saturated rings. The van der Waals surface area contributed by atoms with Crippen LogP contribution >= 0.6 is 11.8 Å². The smallest absolute Gasteiger partial charge is 0.270 e. The molecule has 0 unspecified atom stereocenters. The number of thioether (sulfide) groups is 1. The van der Waals surface area contributed by atoms with Gasteiger partial charge in [-0.2, -0.15) is 17.0 Å². The number of nitriles is 1. The first-order valence-corrected chi connectivity index (χ1v) is 7.57. The molecule has 0 aliphatic carbocycles. The van der Waals surface area contributed by atoms with Gasteiger partial charge in [0.25, 0.3) is 5.69 Å². The summed E-state index contributed by atoms with van der Waals surface area (Å²) in [6, 6.07) is 14.0. The highest BCUT2D eigenvalue weighted by Crippen LogP contribution is 2.25. The highest BCUT2D eigenvalue weighted by molar-refractivity contribution is 7.97. The Bertz CT molecular complexity index is 693. The van der Waals surface area contributed by atoms with E-state index in [-0.39, 0.29) is 11.3 Å². The van der Waals surface area contributed by atoms with Crippen molar-refractivity contribution in [1.29, 1.82) is 5.26 Å². The number of nitro benzene ring substituents is 1. The molecule has 0 atom stereocenters. The number of rotatable bonds is 5. The summed E-state index contributed by atoms with van der Waals surface area (Å²) in [6.45, 7) is 0. The normalized spacial score (nSPS) is 9.90. The fourth-order valence-corrected chi connectivity index (χ4v) is 2.38. The third-order valence-electron chi connectivity index (χ3n) is 2.88. The number of nitrogens with one attached hydrogen (secondary N) is 1. The van der Waals surface area contributed by atoms with Crippen molar-refractivity contribution in [2.75, 3.05) is 11.6 Å². The van der Waals surface area contributed by atoms with Crippen LogP contribution in [-0.2, 0) is 5.75 Å². The van der Waals surface area contributed by atoms with Gasteiger partial charge in [0.15, 0.2) is 0 Å². The zero-order valence-corrected chi connectivity index (χ0v) is 12.2. The largest absolute Gasteiger partial charge is 0.354 e. The highest BCUT2D eigenvalue weighted by atomic mass is 32.2. The number of anilines is 2. The summed E-state index contributed by atoms with van der Waals surface area (Å²) in [5.74, 6) is 0.946.